The molecule has 3 rings (SSSR count). The molecule has 0 radical (unpaired) electrons. The maximum absolute atomic E-state index is 13.0. The number of amides is 1. The van der Waals surface area contributed by atoms with Gasteiger partial charge in [-0.25, -0.2) is 8.42 Å². The number of nitro groups is 1. The molecule has 2 fully saturated rings. The molecule has 1 aliphatic heterocycles. The standard InChI is InChI=1S/C21H31N3O5S/c1-16-9-10-19(24(26)27)15-20(16)30(28,29)23-13-11-17(12-14-23)21(25)22-18-7-5-3-2-4-6-8-18/h9-10,15,17-18H,2-8,11-14H2,1H3,(H,22,25). The van der Waals surface area contributed by atoms with Crippen molar-refractivity contribution in [1.29, 1.82) is 0 Å². The predicted octanol–water partition coefficient (Wildman–Crippen LogP) is 3.53. The summed E-state index contributed by atoms with van der Waals surface area (Å²) in [5.74, 6) is -0.155. The van der Waals surface area contributed by atoms with Crippen LogP contribution in [-0.4, -0.2) is 42.7 Å². The Bertz CT molecular complexity index is 871. The number of carbonyl (C=O) groups excluding carboxylic acids is 1. The van der Waals surface area contributed by atoms with E-state index in [0.29, 0.717) is 18.4 Å². The Kier molecular flexibility index (Phi) is 7.46. The van der Waals surface area contributed by atoms with Gasteiger partial charge in [0.25, 0.3) is 5.69 Å². The minimum Gasteiger partial charge on any atom is -0.353 e. The number of aryl methyl sites for hydroxylation is 1. The van der Waals surface area contributed by atoms with E-state index < -0.39 is 14.9 Å². The quantitative estimate of drug-likeness (QED) is 0.560. The zero-order valence-corrected chi connectivity index (χ0v) is 18.3. The fourth-order valence-electron chi connectivity index (χ4n) is 4.40. The van der Waals surface area contributed by atoms with E-state index >= 15 is 0 Å². The second kappa shape index (κ2) is 9.87. The molecule has 1 aromatic carbocycles. The molecular formula is C21H31N3O5S. The fraction of sp³-hybridized carbons (Fsp3) is 0.667. The van der Waals surface area contributed by atoms with Crippen LogP contribution in [0.25, 0.3) is 0 Å². The average Bonchev–Trinajstić information content (AvgIpc) is 2.70. The van der Waals surface area contributed by atoms with Gasteiger partial charge in [0.1, 0.15) is 0 Å². The number of hydrogen-bond acceptors (Lipinski definition) is 5. The summed E-state index contributed by atoms with van der Waals surface area (Å²) in [5.41, 5.74) is 0.234. The third-order valence-electron chi connectivity index (χ3n) is 6.28. The van der Waals surface area contributed by atoms with Crippen molar-refractivity contribution in [2.75, 3.05) is 13.1 Å². The molecule has 1 aliphatic carbocycles. The number of benzene rings is 1. The van der Waals surface area contributed by atoms with E-state index in [1.54, 1.807) is 6.92 Å². The number of sulfonamides is 1. The van der Waals surface area contributed by atoms with E-state index in [1.165, 1.54) is 35.7 Å². The van der Waals surface area contributed by atoms with Gasteiger partial charge in [0.2, 0.25) is 15.9 Å². The molecule has 0 atom stereocenters. The largest absolute Gasteiger partial charge is 0.353 e. The number of rotatable bonds is 5. The van der Waals surface area contributed by atoms with Crippen molar-refractivity contribution in [3.05, 3.63) is 33.9 Å². The predicted molar refractivity (Wildman–Crippen MR) is 114 cm³/mol. The molecule has 9 heteroatoms. The summed E-state index contributed by atoms with van der Waals surface area (Å²) in [6.45, 7) is 2.12. The van der Waals surface area contributed by atoms with E-state index in [0.717, 1.165) is 31.7 Å². The Morgan fingerprint density at radius 1 is 1.07 bits per heavy atom. The van der Waals surface area contributed by atoms with Crippen molar-refractivity contribution in [3.8, 4) is 0 Å². The number of carbonyl (C=O) groups is 1. The molecule has 1 N–H and O–H groups in total. The van der Waals surface area contributed by atoms with Crippen molar-refractivity contribution < 1.29 is 18.1 Å². The molecule has 0 aromatic heterocycles. The van der Waals surface area contributed by atoms with Crippen molar-refractivity contribution >= 4 is 21.6 Å². The molecular weight excluding hydrogens is 406 g/mol. The average molecular weight is 438 g/mol. The SMILES string of the molecule is Cc1ccc([N+](=O)[O-])cc1S(=O)(=O)N1CCC(C(=O)NC2CCCCCCC2)CC1. The molecule has 8 nitrogen and oxygen atoms in total. The summed E-state index contributed by atoms with van der Waals surface area (Å²) in [4.78, 5) is 23.1. The number of non-ortho nitro benzene ring substituents is 1. The van der Waals surface area contributed by atoms with Crippen LogP contribution in [0.4, 0.5) is 5.69 Å². The number of nitrogens with zero attached hydrogens (tertiary/aromatic N) is 2. The van der Waals surface area contributed by atoms with Crippen LogP contribution in [0.3, 0.4) is 0 Å². The van der Waals surface area contributed by atoms with Gasteiger partial charge in [-0.3, -0.25) is 14.9 Å². The van der Waals surface area contributed by atoms with Crippen molar-refractivity contribution in [1.82, 2.24) is 9.62 Å². The monoisotopic (exact) mass is 437 g/mol. The van der Waals surface area contributed by atoms with E-state index in [9.17, 15) is 23.3 Å². The van der Waals surface area contributed by atoms with Gasteiger partial charge in [0, 0.05) is 37.2 Å². The van der Waals surface area contributed by atoms with Crippen molar-refractivity contribution in [2.24, 2.45) is 5.92 Å². The lowest BCUT2D eigenvalue weighted by Crippen LogP contribution is -2.45. The summed E-state index contributed by atoms with van der Waals surface area (Å²) >= 11 is 0. The van der Waals surface area contributed by atoms with Crippen LogP contribution in [0.1, 0.15) is 63.4 Å². The maximum Gasteiger partial charge on any atom is 0.270 e. The second-order valence-electron chi connectivity index (χ2n) is 8.44. The summed E-state index contributed by atoms with van der Waals surface area (Å²) < 4.78 is 27.4. The minimum absolute atomic E-state index is 0.0316. The summed E-state index contributed by atoms with van der Waals surface area (Å²) in [5, 5.41) is 14.2. The van der Waals surface area contributed by atoms with Crippen molar-refractivity contribution in [2.45, 2.75) is 75.6 Å². The van der Waals surface area contributed by atoms with Crippen molar-refractivity contribution in [3.63, 3.8) is 0 Å². The van der Waals surface area contributed by atoms with Gasteiger partial charge >= 0.3 is 0 Å². The number of nitrogens with one attached hydrogen (secondary N) is 1. The third-order valence-corrected chi connectivity index (χ3v) is 8.32. The highest BCUT2D eigenvalue weighted by molar-refractivity contribution is 7.89. The highest BCUT2D eigenvalue weighted by atomic mass is 32.2. The lowest BCUT2D eigenvalue weighted by Gasteiger charge is -2.32. The van der Waals surface area contributed by atoms with Gasteiger partial charge in [-0.15, -0.1) is 0 Å². The zero-order valence-electron chi connectivity index (χ0n) is 17.5. The summed E-state index contributed by atoms with van der Waals surface area (Å²) in [6.07, 6.45) is 8.97. The highest BCUT2D eigenvalue weighted by Crippen LogP contribution is 2.28. The van der Waals surface area contributed by atoms with E-state index in [-0.39, 0.29) is 41.5 Å². The van der Waals surface area contributed by atoms with Crippen LogP contribution in [0, 0.1) is 23.0 Å². The highest BCUT2D eigenvalue weighted by Gasteiger charge is 2.34. The van der Waals surface area contributed by atoms with Gasteiger partial charge in [0.05, 0.1) is 9.82 Å². The lowest BCUT2D eigenvalue weighted by atomic mass is 9.94. The minimum atomic E-state index is -3.84. The van der Waals surface area contributed by atoms with E-state index in [4.69, 9.17) is 0 Å². The number of piperidine rings is 1. The molecule has 1 aromatic rings. The lowest BCUT2D eigenvalue weighted by molar-refractivity contribution is -0.385. The molecule has 166 valence electrons. The Hall–Kier alpha value is -2.00. The summed E-state index contributed by atoms with van der Waals surface area (Å²) in [6, 6.07) is 4.12. The first-order valence-corrected chi connectivity index (χ1v) is 12.3. The maximum atomic E-state index is 13.0. The Morgan fingerprint density at radius 2 is 1.67 bits per heavy atom. The Labute approximate surface area is 178 Å². The smallest absolute Gasteiger partial charge is 0.270 e. The van der Waals surface area contributed by atoms with Crippen LogP contribution < -0.4 is 5.32 Å². The normalized spacial score (nSPS) is 20.3. The Morgan fingerprint density at radius 3 is 2.27 bits per heavy atom. The van der Waals surface area contributed by atoms with Gasteiger partial charge in [-0.1, -0.05) is 38.2 Å². The Balaban J connectivity index is 1.61. The van der Waals surface area contributed by atoms with E-state index in [2.05, 4.69) is 5.32 Å². The molecule has 1 heterocycles. The topological polar surface area (TPSA) is 110 Å². The first-order chi connectivity index (χ1) is 14.3. The van der Waals surface area contributed by atoms with Crippen LogP contribution in [0.15, 0.2) is 23.1 Å². The van der Waals surface area contributed by atoms with Crippen LogP contribution in [-0.2, 0) is 14.8 Å². The molecule has 1 amide bonds. The van der Waals surface area contributed by atoms with Crippen LogP contribution in [0.2, 0.25) is 0 Å². The number of nitro benzene ring substituents is 1. The molecule has 2 aliphatic rings. The van der Waals surface area contributed by atoms with Gasteiger partial charge in [-0.05, 0) is 38.2 Å². The van der Waals surface area contributed by atoms with Gasteiger partial charge in [0.15, 0.2) is 0 Å². The fourth-order valence-corrected chi connectivity index (χ4v) is 6.11. The zero-order chi connectivity index (χ0) is 21.7. The molecule has 30 heavy (non-hydrogen) atoms. The first kappa shape index (κ1) is 22.7. The van der Waals surface area contributed by atoms with Crippen LogP contribution in [0.5, 0.6) is 0 Å². The number of hydrogen-bond donors (Lipinski definition) is 1. The van der Waals surface area contributed by atoms with E-state index in [1.807, 2.05) is 0 Å². The van der Waals surface area contributed by atoms with Gasteiger partial charge < -0.3 is 5.32 Å². The molecule has 0 spiro atoms. The third kappa shape index (κ3) is 5.37. The molecule has 1 saturated heterocycles. The first-order valence-electron chi connectivity index (χ1n) is 10.8. The molecule has 1 saturated carbocycles. The molecule has 0 bridgehead atoms. The molecule has 0 unspecified atom stereocenters. The summed E-state index contributed by atoms with van der Waals surface area (Å²) in [7, 11) is -3.84. The second-order valence-corrected chi connectivity index (χ2v) is 10.3. The van der Waals surface area contributed by atoms with Crippen LogP contribution >= 0.6 is 0 Å². The van der Waals surface area contributed by atoms with Gasteiger partial charge in [-0.2, -0.15) is 4.31 Å².